The lowest BCUT2D eigenvalue weighted by molar-refractivity contribution is -0.146. The molecule has 1 aromatic carbocycles. The summed E-state index contributed by atoms with van der Waals surface area (Å²) < 4.78 is 5.29. The van der Waals surface area contributed by atoms with E-state index in [0.717, 1.165) is 5.56 Å². The Morgan fingerprint density at radius 3 is 2.53 bits per heavy atom. The highest BCUT2D eigenvalue weighted by atomic mass is 16.5. The molecule has 0 saturated heterocycles. The van der Waals surface area contributed by atoms with Crippen LogP contribution in [0.1, 0.15) is 44.1 Å². The second-order valence-corrected chi connectivity index (χ2v) is 4.85. The van der Waals surface area contributed by atoms with Gasteiger partial charge in [-0.2, -0.15) is 0 Å². The van der Waals surface area contributed by atoms with Gasteiger partial charge in [-0.1, -0.05) is 49.6 Å². The molecule has 0 N–H and O–H groups in total. The molecule has 1 aliphatic rings. The lowest BCUT2D eigenvalue weighted by atomic mass is 9.87. The molecule has 2 rings (SSSR count). The normalized spacial score (nSPS) is 16.7. The first kappa shape index (κ1) is 12.2. The summed E-state index contributed by atoms with van der Waals surface area (Å²) in [6.45, 7) is 0.409. The molecule has 92 valence electrons. The van der Waals surface area contributed by atoms with Crippen molar-refractivity contribution in [1.29, 1.82) is 0 Å². The van der Waals surface area contributed by atoms with Crippen molar-refractivity contribution in [2.24, 2.45) is 5.92 Å². The molecule has 1 saturated carbocycles. The minimum absolute atomic E-state index is 0.0410. The zero-order chi connectivity index (χ0) is 11.9. The van der Waals surface area contributed by atoms with Gasteiger partial charge in [-0.05, 0) is 24.3 Å². The highest BCUT2D eigenvalue weighted by Crippen LogP contribution is 2.26. The van der Waals surface area contributed by atoms with Crippen LogP contribution >= 0.6 is 0 Å². The standard InChI is InChI=1S/C15H20O2/c16-15(11-13-7-3-1-4-8-13)17-12-14-9-5-2-6-10-14/h2,5-6,9-10,13H,1,3-4,7-8,11-12H2. The van der Waals surface area contributed by atoms with Crippen molar-refractivity contribution >= 4 is 5.97 Å². The van der Waals surface area contributed by atoms with Crippen molar-refractivity contribution in [3.63, 3.8) is 0 Å². The first-order valence-corrected chi connectivity index (χ1v) is 6.54. The fourth-order valence-corrected chi connectivity index (χ4v) is 2.42. The molecular weight excluding hydrogens is 212 g/mol. The second-order valence-electron chi connectivity index (χ2n) is 4.85. The van der Waals surface area contributed by atoms with Crippen LogP contribution in [0.25, 0.3) is 0 Å². The molecule has 17 heavy (non-hydrogen) atoms. The molecule has 1 aliphatic carbocycles. The predicted molar refractivity (Wildman–Crippen MR) is 67.4 cm³/mol. The third kappa shape index (κ3) is 4.22. The zero-order valence-electron chi connectivity index (χ0n) is 10.2. The SMILES string of the molecule is O=C(CC1CCCCC1)OCc1ccccc1. The van der Waals surface area contributed by atoms with Crippen LogP contribution in [-0.4, -0.2) is 5.97 Å². The molecule has 2 nitrogen and oxygen atoms in total. The van der Waals surface area contributed by atoms with Crippen LogP contribution in [0, 0.1) is 5.92 Å². The van der Waals surface area contributed by atoms with Crippen molar-refractivity contribution in [3.8, 4) is 0 Å². The smallest absolute Gasteiger partial charge is 0.306 e. The Bertz CT molecular complexity index is 339. The number of benzene rings is 1. The summed E-state index contributed by atoms with van der Waals surface area (Å²) in [4.78, 5) is 11.7. The van der Waals surface area contributed by atoms with Gasteiger partial charge in [-0.3, -0.25) is 4.79 Å². The van der Waals surface area contributed by atoms with E-state index in [2.05, 4.69) is 0 Å². The molecule has 0 amide bonds. The minimum atomic E-state index is -0.0410. The molecule has 0 radical (unpaired) electrons. The molecule has 1 fully saturated rings. The lowest BCUT2D eigenvalue weighted by Crippen LogP contribution is -2.14. The average Bonchev–Trinajstić information content (AvgIpc) is 2.39. The fraction of sp³-hybridized carbons (Fsp3) is 0.533. The Hall–Kier alpha value is -1.31. The van der Waals surface area contributed by atoms with Crippen molar-refractivity contribution in [1.82, 2.24) is 0 Å². The van der Waals surface area contributed by atoms with Gasteiger partial charge in [0, 0.05) is 6.42 Å². The number of carbonyl (C=O) groups excluding carboxylic acids is 1. The van der Waals surface area contributed by atoms with E-state index in [9.17, 15) is 4.79 Å². The van der Waals surface area contributed by atoms with E-state index in [1.165, 1.54) is 32.1 Å². The topological polar surface area (TPSA) is 26.3 Å². The van der Waals surface area contributed by atoms with Gasteiger partial charge in [0.1, 0.15) is 6.61 Å². The fourth-order valence-electron chi connectivity index (χ4n) is 2.42. The second kappa shape index (κ2) is 6.43. The maximum atomic E-state index is 11.7. The summed E-state index contributed by atoms with van der Waals surface area (Å²) >= 11 is 0. The Kier molecular flexibility index (Phi) is 4.60. The summed E-state index contributed by atoms with van der Waals surface area (Å²) in [7, 11) is 0. The first-order chi connectivity index (χ1) is 8.34. The third-order valence-electron chi connectivity index (χ3n) is 3.42. The quantitative estimate of drug-likeness (QED) is 0.740. The largest absolute Gasteiger partial charge is 0.461 e. The predicted octanol–water partition coefficient (Wildman–Crippen LogP) is 3.70. The molecule has 0 heterocycles. The van der Waals surface area contributed by atoms with Crippen molar-refractivity contribution < 1.29 is 9.53 Å². The molecule has 0 atom stereocenters. The molecule has 1 aromatic rings. The summed E-state index contributed by atoms with van der Waals surface area (Å²) in [5.74, 6) is 0.521. The maximum absolute atomic E-state index is 11.7. The van der Waals surface area contributed by atoms with E-state index >= 15 is 0 Å². The van der Waals surface area contributed by atoms with Crippen LogP contribution in [0.4, 0.5) is 0 Å². The van der Waals surface area contributed by atoms with Gasteiger partial charge in [0.15, 0.2) is 0 Å². The zero-order valence-corrected chi connectivity index (χ0v) is 10.2. The van der Waals surface area contributed by atoms with Crippen molar-refractivity contribution in [2.45, 2.75) is 45.1 Å². The van der Waals surface area contributed by atoms with E-state index in [1.807, 2.05) is 30.3 Å². The first-order valence-electron chi connectivity index (χ1n) is 6.54. The number of hydrogen-bond acceptors (Lipinski definition) is 2. The Morgan fingerprint density at radius 1 is 1.12 bits per heavy atom. The van der Waals surface area contributed by atoms with E-state index in [1.54, 1.807) is 0 Å². The van der Waals surface area contributed by atoms with Crippen LogP contribution in [0.3, 0.4) is 0 Å². The third-order valence-corrected chi connectivity index (χ3v) is 3.42. The maximum Gasteiger partial charge on any atom is 0.306 e. The van der Waals surface area contributed by atoms with Crippen LogP contribution in [0.15, 0.2) is 30.3 Å². The van der Waals surface area contributed by atoms with E-state index < -0.39 is 0 Å². The van der Waals surface area contributed by atoms with Gasteiger partial charge in [0.05, 0.1) is 0 Å². The van der Waals surface area contributed by atoms with Crippen LogP contribution in [0.2, 0.25) is 0 Å². The highest BCUT2D eigenvalue weighted by molar-refractivity contribution is 5.69. The molecule has 0 spiro atoms. The monoisotopic (exact) mass is 232 g/mol. The van der Waals surface area contributed by atoms with Gasteiger partial charge < -0.3 is 4.74 Å². The molecular formula is C15H20O2. The van der Waals surface area contributed by atoms with Crippen molar-refractivity contribution in [3.05, 3.63) is 35.9 Å². The number of rotatable bonds is 4. The lowest BCUT2D eigenvalue weighted by Gasteiger charge is -2.20. The molecule has 0 aromatic heterocycles. The van der Waals surface area contributed by atoms with Gasteiger partial charge in [-0.15, -0.1) is 0 Å². The molecule has 2 heteroatoms. The Balaban J connectivity index is 1.70. The van der Waals surface area contributed by atoms with Crippen LogP contribution in [-0.2, 0) is 16.1 Å². The number of ether oxygens (including phenoxy) is 1. The van der Waals surface area contributed by atoms with E-state index in [0.29, 0.717) is 18.9 Å². The number of hydrogen-bond donors (Lipinski definition) is 0. The van der Waals surface area contributed by atoms with Crippen LogP contribution < -0.4 is 0 Å². The molecule has 0 unspecified atom stereocenters. The van der Waals surface area contributed by atoms with Gasteiger partial charge in [0.25, 0.3) is 0 Å². The Morgan fingerprint density at radius 2 is 1.82 bits per heavy atom. The minimum Gasteiger partial charge on any atom is -0.461 e. The number of esters is 1. The van der Waals surface area contributed by atoms with E-state index in [-0.39, 0.29) is 5.97 Å². The van der Waals surface area contributed by atoms with Gasteiger partial charge >= 0.3 is 5.97 Å². The summed E-state index contributed by atoms with van der Waals surface area (Å²) in [6, 6.07) is 9.85. The van der Waals surface area contributed by atoms with Gasteiger partial charge in [-0.25, -0.2) is 0 Å². The summed E-state index contributed by atoms with van der Waals surface area (Å²) in [5.41, 5.74) is 1.06. The van der Waals surface area contributed by atoms with Gasteiger partial charge in [0.2, 0.25) is 0 Å². The molecule has 0 bridgehead atoms. The van der Waals surface area contributed by atoms with E-state index in [4.69, 9.17) is 4.74 Å². The highest BCUT2D eigenvalue weighted by Gasteiger charge is 2.17. The summed E-state index contributed by atoms with van der Waals surface area (Å²) in [6.07, 6.45) is 6.87. The van der Waals surface area contributed by atoms with Crippen molar-refractivity contribution in [2.75, 3.05) is 0 Å². The molecule has 0 aliphatic heterocycles. The van der Waals surface area contributed by atoms with Crippen LogP contribution in [0.5, 0.6) is 0 Å². The number of carbonyl (C=O) groups is 1. The summed E-state index contributed by atoms with van der Waals surface area (Å²) in [5, 5.41) is 0. The average molecular weight is 232 g/mol. The Labute approximate surface area is 103 Å².